The molecule has 0 saturated heterocycles. The first-order valence-electron chi connectivity index (χ1n) is 3.76. The lowest BCUT2D eigenvalue weighted by atomic mass is 10.2. The summed E-state index contributed by atoms with van der Waals surface area (Å²) in [5, 5.41) is 0. The molecule has 0 aliphatic rings. The first-order chi connectivity index (χ1) is 4.66. The molecule has 0 fully saturated rings. The minimum Gasteiger partial charge on any atom is -0.373 e. The molecule has 2 nitrogen and oxygen atoms in total. The van der Waals surface area contributed by atoms with Gasteiger partial charge in [-0.2, -0.15) is 0 Å². The first kappa shape index (κ1) is 9.63. The molecular formula is C8H16O2. The maximum Gasteiger partial charge on any atom is 0.158 e. The molecule has 0 rings (SSSR count). The summed E-state index contributed by atoms with van der Waals surface area (Å²) < 4.78 is 5.10. The second-order valence-corrected chi connectivity index (χ2v) is 2.80. The summed E-state index contributed by atoms with van der Waals surface area (Å²) in [4.78, 5) is 10.7. The van der Waals surface area contributed by atoms with Gasteiger partial charge in [0.1, 0.15) is 6.61 Å². The van der Waals surface area contributed by atoms with Crippen molar-refractivity contribution in [2.24, 2.45) is 5.92 Å². The van der Waals surface area contributed by atoms with E-state index in [4.69, 9.17) is 4.74 Å². The molecule has 0 saturated carbocycles. The second kappa shape index (κ2) is 5.42. The van der Waals surface area contributed by atoms with Crippen molar-refractivity contribution in [1.29, 1.82) is 0 Å². The highest BCUT2D eigenvalue weighted by molar-refractivity contribution is 5.79. The molecule has 0 aromatic carbocycles. The van der Waals surface area contributed by atoms with E-state index in [0.29, 0.717) is 18.9 Å². The number of hydrogen-bond donors (Lipinski definition) is 0. The van der Waals surface area contributed by atoms with Crippen LogP contribution in [0.4, 0.5) is 0 Å². The van der Waals surface area contributed by atoms with Crippen LogP contribution in [0.1, 0.15) is 27.2 Å². The van der Waals surface area contributed by atoms with Crippen LogP contribution in [0.5, 0.6) is 0 Å². The minimum absolute atomic E-state index is 0.181. The van der Waals surface area contributed by atoms with Gasteiger partial charge in [0.25, 0.3) is 0 Å². The Morgan fingerprint density at radius 1 is 1.50 bits per heavy atom. The molecule has 0 atom stereocenters. The molecular weight excluding hydrogens is 128 g/mol. The smallest absolute Gasteiger partial charge is 0.158 e. The predicted molar refractivity (Wildman–Crippen MR) is 41.0 cm³/mol. The molecule has 60 valence electrons. The summed E-state index contributed by atoms with van der Waals surface area (Å²) in [7, 11) is 0. The fourth-order valence-electron chi connectivity index (χ4n) is 0.511. The average molecular weight is 144 g/mol. The van der Waals surface area contributed by atoms with Crippen LogP contribution in [0.2, 0.25) is 0 Å². The Morgan fingerprint density at radius 3 is 2.50 bits per heavy atom. The molecule has 0 spiro atoms. The summed E-state index contributed by atoms with van der Waals surface area (Å²) in [6.45, 7) is 6.95. The number of Topliss-reactive ketones (excluding diaryl/α,β-unsaturated/α-hetero) is 1. The Hall–Kier alpha value is -0.370. The summed E-state index contributed by atoms with van der Waals surface area (Å²) in [6, 6.07) is 0. The molecule has 2 heteroatoms. The normalized spacial score (nSPS) is 10.4. The fraction of sp³-hybridized carbons (Fsp3) is 0.875. The van der Waals surface area contributed by atoms with Gasteiger partial charge < -0.3 is 4.74 Å². The number of carbonyl (C=O) groups is 1. The lowest BCUT2D eigenvalue weighted by molar-refractivity contribution is -0.123. The molecule has 0 unspecified atom stereocenters. The Morgan fingerprint density at radius 2 is 2.10 bits per heavy atom. The second-order valence-electron chi connectivity index (χ2n) is 2.80. The standard InChI is InChI=1S/C8H16O2/c1-4-8(9)6-10-5-7(2)3/h7H,4-6H2,1-3H3. The number of ether oxygens (including phenoxy) is 1. The molecule has 0 aromatic heterocycles. The monoisotopic (exact) mass is 144 g/mol. The molecule has 0 heterocycles. The van der Waals surface area contributed by atoms with Crippen molar-refractivity contribution in [3.63, 3.8) is 0 Å². The minimum atomic E-state index is 0.181. The van der Waals surface area contributed by atoms with E-state index in [2.05, 4.69) is 13.8 Å². The van der Waals surface area contributed by atoms with Gasteiger partial charge in [-0.05, 0) is 5.92 Å². The van der Waals surface area contributed by atoms with Gasteiger partial charge in [0.05, 0.1) is 0 Å². The Bertz CT molecular complexity index is 97.4. The van der Waals surface area contributed by atoms with Crippen molar-refractivity contribution in [1.82, 2.24) is 0 Å². The van der Waals surface area contributed by atoms with Crippen LogP contribution in [0.25, 0.3) is 0 Å². The maximum atomic E-state index is 10.7. The Balaban J connectivity index is 3.12. The van der Waals surface area contributed by atoms with Crippen molar-refractivity contribution in [2.75, 3.05) is 13.2 Å². The van der Waals surface area contributed by atoms with Gasteiger partial charge in [0.2, 0.25) is 0 Å². The average Bonchev–Trinajstić information content (AvgIpc) is 1.87. The van der Waals surface area contributed by atoms with E-state index >= 15 is 0 Å². The largest absolute Gasteiger partial charge is 0.373 e. The Labute approximate surface area is 62.6 Å². The van der Waals surface area contributed by atoms with E-state index in [-0.39, 0.29) is 12.4 Å². The molecule has 0 aromatic rings. The van der Waals surface area contributed by atoms with E-state index < -0.39 is 0 Å². The van der Waals surface area contributed by atoms with Crippen molar-refractivity contribution < 1.29 is 9.53 Å². The lowest BCUT2D eigenvalue weighted by Gasteiger charge is -2.04. The van der Waals surface area contributed by atoms with Crippen LogP contribution < -0.4 is 0 Å². The van der Waals surface area contributed by atoms with Crippen LogP contribution in [0, 0.1) is 5.92 Å². The van der Waals surface area contributed by atoms with Crippen LogP contribution in [0.3, 0.4) is 0 Å². The summed E-state index contributed by atoms with van der Waals surface area (Å²) in [6.07, 6.45) is 0.581. The third kappa shape index (κ3) is 5.76. The zero-order valence-corrected chi connectivity index (χ0v) is 7.02. The third-order valence-corrected chi connectivity index (χ3v) is 1.11. The molecule has 0 amide bonds. The number of carbonyl (C=O) groups excluding carboxylic acids is 1. The first-order valence-corrected chi connectivity index (χ1v) is 3.76. The molecule has 0 bridgehead atoms. The van der Waals surface area contributed by atoms with E-state index in [1.807, 2.05) is 6.92 Å². The highest BCUT2D eigenvalue weighted by Crippen LogP contribution is 1.92. The summed E-state index contributed by atoms with van der Waals surface area (Å²) in [5.41, 5.74) is 0. The van der Waals surface area contributed by atoms with Crippen LogP contribution in [-0.2, 0) is 9.53 Å². The lowest BCUT2D eigenvalue weighted by Crippen LogP contribution is -2.10. The van der Waals surface area contributed by atoms with Gasteiger partial charge in [-0.3, -0.25) is 4.79 Å². The predicted octanol–water partition coefficient (Wildman–Crippen LogP) is 1.64. The van der Waals surface area contributed by atoms with Crippen LogP contribution in [0.15, 0.2) is 0 Å². The van der Waals surface area contributed by atoms with Gasteiger partial charge in [0.15, 0.2) is 5.78 Å². The highest BCUT2D eigenvalue weighted by atomic mass is 16.5. The van der Waals surface area contributed by atoms with Gasteiger partial charge in [-0.15, -0.1) is 0 Å². The van der Waals surface area contributed by atoms with Crippen LogP contribution >= 0.6 is 0 Å². The highest BCUT2D eigenvalue weighted by Gasteiger charge is 1.98. The molecule has 0 radical (unpaired) electrons. The maximum absolute atomic E-state index is 10.7. The van der Waals surface area contributed by atoms with Crippen molar-refractivity contribution in [3.8, 4) is 0 Å². The zero-order valence-electron chi connectivity index (χ0n) is 7.02. The number of rotatable bonds is 5. The zero-order chi connectivity index (χ0) is 7.98. The van der Waals surface area contributed by atoms with Gasteiger partial charge in [-0.25, -0.2) is 0 Å². The molecule has 0 aliphatic carbocycles. The SMILES string of the molecule is CCC(=O)COCC(C)C. The van der Waals surface area contributed by atoms with Gasteiger partial charge in [-0.1, -0.05) is 20.8 Å². The van der Waals surface area contributed by atoms with Crippen molar-refractivity contribution in [2.45, 2.75) is 27.2 Å². The van der Waals surface area contributed by atoms with Crippen molar-refractivity contribution >= 4 is 5.78 Å². The number of hydrogen-bond acceptors (Lipinski definition) is 2. The Kier molecular flexibility index (Phi) is 5.22. The summed E-state index contributed by atoms with van der Waals surface area (Å²) in [5.74, 6) is 0.699. The quantitative estimate of drug-likeness (QED) is 0.586. The van der Waals surface area contributed by atoms with E-state index in [1.165, 1.54) is 0 Å². The van der Waals surface area contributed by atoms with E-state index in [0.717, 1.165) is 0 Å². The van der Waals surface area contributed by atoms with E-state index in [1.54, 1.807) is 0 Å². The molecule has 10 heavy (non-hydrogen) atoms. The van der Waals surface area contributed by atoms with Gasteiger partial charge >= 0.3 is 0 Å². The number of ketones is 1. The van der Waals surface area contributed by atoms with Crippen LogP contribution in [-0.4, -0.2) is 19.0 Å². The molecule has 0 N–H and O–H groups in total. The van der Waals surface area contributed by atoms with E-state index in [9.17, 15) is 4.79 Å². The van der Waals surface area contributed by atoms with Crippen molar-refractivity contribution in [3.05, 3.63) is 0 Å². The summed E-state index contributed by atoms with van der Waals surface area (Å²) >= 11 is 0. The fourth-order valence-corrected chi connectivity index (χ4v) is 0.511. The topological polar surface area (TPSA) is 26.3 Å². The third-order valence-electron chi connectivity index (χ3n) is 1.11. The van der Waals surface area contributed by atoms with Gasteiger partial charge in [0, 0.05) is 13.0 Å². The molecule has 0 aliphatic heterocycles.